The highest BCUT2D eigenvalue weighted by molar-refractivity contribution is 5.95. The highest BCUT2D eigenvalue weighted by Gasteiger charge is 2.21. The zero-order chi connectivity index (χ0) is 17.4. The molecule has 2 aliphatic rings. The van der Waals surface area contributed by atoms with E-state index in [1.54, 1.807) is 18.3 Å². The van der Waals surface area contributed by atoms with Crippen LogP contribution in [0.25, 0.3) is 5.65 Å². The van der Waals surface area contributed by atoms with E-state index in [4.69, 9.17) is 4.84 Å². The fourth-order valence-corrected chi connectivity index (χ4v) is 3.39. The number of nitrogens with one attached hydrogen (secondary N) is 1. The normalized spacial score (nSPS) is 19.7. The monoisotopic (exact) mass is 340 g/mol. The second kappa shape index (κ2) is 6.31. The molecule has 3 heterocycles. The summed E-state index contributed by atoms with van der Waals surface area (Å²) in [5, 5.41) is 6.61. The quantitative estimate of drug-likeness (QED) is 0.845. The van der Waals surface area contributed by atoms with Gasteiger partial charge in [0.25, 0.3) is 11.5 Å². The first-order valence-corrected chi connectivity index (χ1v) is 8.66. The van der Waals surface area contributed by atoms with Gasteiger partial charge in [0, 0.05) is 23.7 Å². The summed E-state index contributed by atoms with van der Waals surface area (Å²) in [7, 11) is 0. The molecular weight excluding hydrogens is 320 g/mol. The summed E-state index contributed by atoms with van der Waals surface area (Å²) in [6.07, 6.45) is 6.56. The van der Waals surface area contributed by atoms with E-state index in [0.717, 1.165) is 49.1 Å². The number of amides is 1. The minimum absolute atomic E-state index is 0.0167. The molecule has 1 N–H and O–H groups in total. The largest absolute Gasteiger partial charge is 0.370 e. The minimum atomic E-state index is -0.439. The van der Waals surface area contributed by atoms with Crippen LogP contribution in [0.4, 0.5) is 0 Å². The molecule has 1 atom stereocenters. The summed E-state index contributed by atoms with van der Waals surface area (Å²) in [5.74, 6) is -0.262. The Hall–Kier alpha value is -2.70. The lowest BCUT2D eigenvalue weighted by Crippen LogP contribution is -2.35. The number of aryl methyl sites for hydroxylation is 1. The smallest absolute Gasteiger partial charge is 0.261 e. The van der Waals surface area contributed by atoms with Gasteiger partial charge in [0.05, 0.1) is 11.4 Å². The fourth-order valence-electron chi connectivity index (χ4n) is 3.39. The molecule has 1 aliphatic heterocycles. The predicted molar refractivity (Wildman–Crippen MR) is 92.8 cm³/mol. The second-order valence-corrected chi connectivity index (χ2v) is 6.64. The number of hydrogen-bond donors (Lipinski definition) is 1. The van der Waals surface area contributed by atoms with E-state index in [1.807, 2.05) is 6.92 Å². The first-order chi connectivity index (χ1) is 12.1. The van der Waals surface area contributed by atoms with E-state index >= 15 is 0 Å². The zero-order valence-corrected chi connectivity index (χ0v) is 14.1. The fraction of sp³-hybridized carbons (Fsp3) is 0.444. The number of nitrogens with zero attached hydrogens (tertiary/aromatic N) is 3. The van der Waals surface area contributed by atoms with E-state index in [1.165, 1.54) is 4.40 Å². The molecule has 1 amide bonds. The molecule has 1 aliphatic carbocycles. The lowest BCUT2D eigenvalue weighted by atomic mass is 10.1. The van der Waals surface area contributed by atoms with Crippen molar-refractivity contribution in [1.29, 1.82) is 0 Å². The second-order valence-electron chi connectivity index (χ2n) is 6.64. The molecule has 0 saturated heterocycles. The van der Waals surface area contributed by atoms with Crippen molar-refractivity contribution < 1.29 is 9.63 Å². The number of fused-ring (bicyclic) bond motifs is 2. The van der Waals surface area contributed by atoms with E-state index in [2.05, 4.69) is 15.5 Å². The summed E-state index contributed by atoms with van der Waals surface area (Å²) in [6, 6.07) is 3.29. The van der Waals surface area contributed by atoms with Gasteiger partial charge >= 0.3 is 0 Å². The van der Waals surface area contributed by atoms with Crippen LogP contribution in [0.5, 0.6) is 0 Å². The molecule has 25 heavy (non-hydrogen) atoms. The van der Waals surface area contributed by atoms with Crippen molar-refractivity contribution in [2.75, 3.05) is 0 Å². The van der Waals surface area contributed by atoms with Gasteiger partial charge in [-0.2, -0.15) is 0 Å². The SMILES string of the molecule is CC1=NOC(NC(=O)c2ccn3c(=O)c4c(nc3c2)CCCCC4)C1. The Morgan fingerprint density at radius 3 is 2.96 bits per heavy atom. The van der Waals surface area contributed by atoms with Gasteiger partial charge in [-0.3, -0.25) is 14.0 Å². The van der Waals surface area contributed by atoms with Crippen LogP contribution in [0.1, 0.15) is 54.2 Å². The average molecular weight is 340 g/mol. The summed E-state index contributed by atoms with van der Waals surface area (Å²) >= 11 is 0. The van der Waals surface area contributed by atoms with Crippen LogP contribution in [-0.4, -0.2) is 27.2 Å². The Morgan fingerprint density at radius 2 is 2.16 bits per heavy atom. The van der Waals surface area contributed by atoms with Crippen molar-refractivity contribution in [3.63, 3.8) is 0 Å². The van der Waals surface area contributed by atoms with Gasteiger partial charge < -0.3 is 10.2 Å². The molecule has 4 rings (SSSR count). The van der Waals surface area contributed by atoms with Gasteiger partial charge in [-0.15, -0.1) is 0 Å². The Kier molecular flexibility index (Phi) is 3.99. The number of oxime groups is 1. The summed E-state index contributed by atoms with van der Waals surface area (Å²) in [6.45, 7) is 1.85. The molecule has 7 heteroatoms. The third kappa shape index (κ3) is 3.01. The van der Waals surface area contributed by atoms with Crippen molar-refractivity contribution in [3.05, 3.63) is 45.5 Å². The van der Waals surface area contributed by atoms with Crippen LogP contribution in [0.2, 0.25) is 0 Å². The molecule has 0 spiro atoms. The maximum Gasteiger partial charge on any atom is 0.261 e. The van der Waals surface area contributed by atoms with E-state index in [-0.39, 0.29) is 11.5 Å². The van der Waals surface area contributed by atoms with Gasteiger partial charge in [-0.05, 0) is 44.7 Å². The molecule has 0 fully saturated rings. The molecule has 7 nitrogen and oxygen atoms in total. The van der Waals surface area contributed by atoms with Crippen molar-refractivity contribution in [2.45, 2.75) is 51.7 Å². The van der Waals surface area contributed by atoms with E-state index < -0.39 is 6.23 Å². The van der Waals surface area contributed by atoms with Crippen molar-refractivity contribution >= 4 is 17.3 Å². The first-order valence-electron chi connectivity index (χ1n) is 8.66. The first kappa shape index (κ1) is 15.8. The Morgan fingerprint density at radius 1 is 1.32 bits per heavy atom. The van der Waals surface area contributed by atoms with E-state index in [0.29, 0.717) is 17.6 Å². The van der Waals surface area contributed by atoms with Crippen LogP contribution >= 0.6 is 0 Å². The van der Waals surface area contributed by atoms with Crippen molar-refractivity contribution in [3.8, 4) is 0 Å². The summed E-state index contributed by atoms with van der Waals surface area (Å²) < 4.78 is 1.53. The number of rotatable bonds is 2. The molecule has 130 valence electrons. The maximum atomic E-state index is 12.7. The number of carbonyl (C=O) groups excluding carboxylic acids is 1. The minimum Gasteiger partial charge on any atom is -0.370 e. The molecule has 0 saturated carbocycles. The predicted octanol–water partition coefficient (Wildman–Crippen LogP) is 1.82. The highest BCUT2D eigenvalue weighted by atomic mass is 16.7. The van der Waals surface area contributed by atoms with Gasteiger partial charge in [0.2, 0.25) is 6.23 Å². The lowest BCUT2D eigenvalue weighted by Gasteiger charge is -2.12. The molecule has 0 aromatic carbocycles. The zero-order valence-electron chi connectivity index (χ0n) is 14.1. The number of carbonyl (C=O) groups is 1. The van der Waals surface area contributed by atoms with Gasteiger partial charge in [0.15, 0.2) is 0 Å². The molecule has 2 aromatic heterocycles. The van der Waals surface area contributed by atoms with Crippen LogP contribution in [0.3, 0.4) is 0 Å². The molecule has 2 aromatic rings. The van der Waals surface area contributed by atoms with Crippen LogP contribution in [0, 0.1) is 0 Å². The summed E-state index contributed by atoms with van der Waals surface area (Å²) in [4.78, 5) is 34.9. The standard InChI is InChI=1S/C18H20N4O3/c1-11-9-16(25-21-11)20-17(23)12-7-8-22-15(10-12)19-14-6-4-2-3-5-13(14)18(22)24/h7-8,10,16H,2-6,9H2,1H3,(H,20,23). The third-order valence-electron chi connectivity index (χ3n) is 4.72. The van der Waals surface area contributed by atoms with Crippen LogP contribution in [0.15, 0.2) is 28.3 Å². The average Bonchev–Trinajstić information content (AvgIpc) is 2.86. The van der Waals surface area contributed by atoms with E-state index in [9.17, 15) is 9.59 Å². The lowest BCUT2D eigenvalue weighted by molar-refractivity contribution is 0.0502. The van der Waals surface area contributed by atoms with Crippen molar-refractivity contribution in [2.24, 2.45) is 5.16 Å². The van der Waals surface area contributed by atoms with Crippen molar-refractivity contribution in [1.82, 2.24) is 14.7 Å². The highest BCUT2D eigenvalue weighted by Crippen LogP contribution is 2.17. The van der Waals surface area contributed by atoms with Gasteiger partial charge in [0.1, 0.15) is 5.65 Å². The number of aromatic nitrogens is 2. The number of pyridine rings is 1. The van der Waals surface area contributed by atoms with Crippen LogP contribution < -0.4 is 10.9 Å². The topological polar surface area (TPSA) is 85.1 Å². The Bertz CT molecular complexity index is 932. The van der Waals surface area contributed by atoms with Gasteiger partial charge in [-0.25, -0.2) is 4.98 Å². The molecular formula is C18H20N4O3. The third-order valence-corrected chi connectivity index (χ3v) is 4.72. The Labute approximate surface area is 144 Å². The maximum absolute atomic E-state index is 12.7. The van der Waals surface area contributed by atoms with Gasteiger partial charge in [-0.1, -0.05) is 11.6 Å². The molecule has 0 bridgehead atoms. The number of hydrogen-bond acceptors (Lipinski definition) is 5. The Balaban J connectivity index is 1.66. The summed E-state index contributed by atoms with van der Waals surface area (Å²) in [5.41, 5.74) is 3.49. The molecule has 1 unspecified atom stereocenters. The van der Waals surface area contributed by atoms with Crippen LogP contribution in [-0.2, 0) is 17.7 Å². The molecule has 0 radical (unpaired) electrons.